The van der Waals surface area contributed by atoms with Crippen molar-refractivity contribution in [3.63, 3.8) is 0 Å². The summed E-state index contributed by atoms with van der Waals surface area (Å²) in [6.07, 6.45) is 6.70. The number of alkyl halides is 1. The van der Waals surface area contributed by atoms with Crippen LogP contribution in [0.15, 0.2) is 29.5 Å². The zero-order valence-electron chi connectivity index (χ0n) is 6.78. The van der Waals surface area contributed by atoms with Crippen LogP contribution in [0.3, 0.4) is 0 Å². The van der Waals surface area contributed by atoms with Crippen molar-refractivity contribution in [3.8, 4) is 0 Å². The van der Waals surface area contributed by atoms with Crippen molar-refractivity contribution in [1.29, 1.82) is 0 Å². The predicted molar refractivity (Wildman–Crippen MR) is 61.1 cm³/mol. The minimum atomic E-state index is -0.0187. The van der Waals surface area contributed by atoms with Crippen molar-refractivity contribution < 1.29 is 0 Å². The zero-order chi connectivity index (χ0) is 9.68. The summed E-state index contributed by atoms with van der Waals surface area (Å²) in [4.78, 5) is 15.3. The number of hydrogen-bond donors (Lipinski definition) is 0. The molecule has 0 saturated heterocycles. The van der Waals surface area contributed by atoms with Crippen molar-refractivity contribution >= 4 is 34.2 Å². The van der Waals surface area contributed by atoms with Crippen molar-refractivity contribution in [2.45, 2.75) is 6.54 Å². The quantitative estimate of drug-likeness (QED) is 0.483. The number of nitrogens with zero attached hydrogens (tertiary/aromatic N) is 2. The van der Waals surface area contributed by atoms with Gasteiger partial charge < -0.3 is 0 Å². The van der Waals surface area contributed by atoms with Crippen LogP contribution in [0.25, 0.3) is 0 Å². The van der Waals surface area contributed by atoms with Gasteiger partial charge >= 0.3 is 0 Å². The van der Waals surface area contributed by atoms with Crippen LogP contribution in [0.4, 0.5) is 0 Å². The lowest BCUT2D eigenvalue weighted by atomic mass is 10.5. The lowest BCUT2D eigenvalue weighted by Crippen LogP contribution is -2.21. The highest BCUT2D eigenvalue weighted by atomic mass is 127. The molecule has 0 radical (unpaired) electrons. The molecule has 3 nitrogen and oxygen atoms in total. The minimum Gasteiger partial charge on any atom is -0.294 e. The predicted octanol–water partition coefficient (Wildman–Crippen LogP) is 1.64. The van der Waals surface area contributed by atoms with E-state index in [-0.39, 0.29) is 5.56 Å². The van der Waals surface area contributed by atoms with Gasteiger partial charge in [-0.05, 0) is 22.6 Å². The summed E-state index contributed by atoms with van der Waals surface area (Å²) in [5.74, 6) is 0.464. The molecule has 0 unspecified atom stereocenters. The minimum absolute atomic E-state index is 0.0187. The summed E-state index contributed by atoms with van der Waals surface area (Å²) in [7, 11) is 0. The molecule has 0 aromatic carbocycles. The average Bonchev–Trinajstić information content (AvgIpc) is 2.13. The van der Waals surface area contributed by atoms with Gasteiger partial charge in [0.2, 0.25) is 0 Å². The Morgan fingerprint density at radius 1 is 1.62 bits per heavy atom. The van der Waals surface area contributed by atoms with Gasteiger partial charge in [0.05, 0.1) is 9.90 Å². The van der Waals surface area contributed by atoms with E-state index in [1.807, 2.05) is 28.7 Å². The van der Waals surface area contributed by atoms with Gasteiger partial charge in [-0.2, -0.15) is 0 Å². The third-order valence-corrected chi connectivity index (χ3v) is 2.34. The van der Waals surface area contributed by atoms with Gasteiger partial charge in [-0.1, -0.05) is 12.2 Å². The molecular formula is C8H8ClIN2O. The van der Waals surface area contributed by atoms with Gasteiger partial charge in [0.1, 0.15) is 0 Å². The number of halogens is 2. The summed E-state index contributed by atoms with van der Waals surface area (Å²) in [6.45, 7) is 0.523. The molecule has 1 rings (SSSR count). The highest BCUT2D eigenvalue weighted by Crippen LogP contribution is 1.93. The number of hydrogen-bond acceptors (Lipinski definition) is 2. The molecule has 70 valence electrons. The molecule has 1 aromatic heterocycles. The van der Waals surface area contributed by atoms with E-state index in [4.69, 9.17) is 11.6 Å². The lowest BCUT2D eigenvalue weighted by Gasteiger charge is -1.99. The first-order valence-electron chi connectivity index (χ1n) is 3.66. The molecule has 0 atom stereocenters. The van der Waals surface area contributed by atoms with Crippen LogP contribution < -0.4 is 5.56 Å². The van der Waals surface area contributed by atoms with Crippen molar-refractivity contribution in [2.24, 2.45) is 0 Å². The fourth-order valence-corrected chi connectivity index (χ4v) is 1.40. The van der Waals surface area contributed by atoms with Crippen LogP contribution in [0, 0.1) is 3.57 Å². The first-order valence-corrected chi connectivity index (χ1v) is 5.28. The summed E-state index contributed by atoms with van der Waals surface area (Å²) in [5.41, 5.74) is -0.0187. The van der Waals surface area contributed by atoms with Gasteiger partial charge in [-0.3, -0.25) is 9.36 Å². The maximum absolute atomic E-state index is 11.4. The topological polar surface area (TPSA) is 34.9 Å². The SMILES string of the molecule is O=c1c(I)cncn1C/C=C/CCl. The van der Waals surface area contributed by atoms with E-state index < -0.39 is 0 Å². The van der Waals surface area contributed by atoms with Crippen LogP contribution in [0.2, 0.25) is 0 Å². The van der Waals surface area contributed by atoms with Crippen molar-refractivity contribution in [1.82, 2.24) is 9.55 Å². The van der Waals surface area contributed by atoms with Crippen molar-refractivity contribution in [3.05, 3.63) is 38.6 Å². The Hall–Kier alpha value is -0.360. The van der Waals surface area contributed by atoms with Crippen molar-refractivity contribution in [2.75, 3.05) is 5.88 Å². The van der Waals surface area contributed by atoms with E-state index >= 15 is 0 Å². The maximum atomic E-state index is 11.4. The number of allylic oxidation sites excluding steroid dienone is 2. The van der Waals surface area contributed by atoms with Gasteiger partial charge in [-0.25, -0.2) is 4.98 Å². The van der Waals surface area contributed by atoms with Crippen LogP contribution in [-0.4, -0.2) is 15.4 Å². The molecule has 0 fully saturated rings. The second-order valence-electron chi connectivity index (χ2n) is 2.32. The second kappa shape index (κ2) is 5.39. The molecule has 1 aromatic rings. The third kappa shape index (κ3) is 3.11. The summed E-state index contributed by atoms with van der Waals surface area (Å²) >= 11 is 7.41. The molecule has 1 heterocycles. The van der Waals surface area contributed by atoms with E-state index in [2.05, 4.69) is 4.98 Å². The molecule has 0 aliphatic carbocycles. The van der Waals surface area contributed by atoms with Crippen LogP contribution in [0.5, 0.6) is 0 Å². The molecular weight excluding hydrogens is 302 g/mol. The van der Waals surface area contributed by atoms with E-state index in [1.54, 1.807) is 12.3 Å². The Kier molecular flexibility index (Phi) is 4.44. The van der Waals surface area contributed by atoms with E-state index in [0.717, 1.165) is 0 Å². The molecule has 0 amide bonds. The van der Waals surface area contributed by atoms with Gasteiger partial charge in [0, 0.05) is 18.6 Å². The number of aromatic nitrogens is 2. The Morgan fingerprint density at radius 3 is 3.08 bits per heavy atom. The third-order valence-electron chi connectivity index (χ3n) is 1.42. The Morgan fingerprint density at radius 2 is 2.38 bits per heavy atom. The molecule has 0 N–H and O–H groups in total. The zero-order valence-corrected chi connectivity index (χ0v) is 9.70. The van der Waals surface area contributed by atoms with Gasteiger partial charge in [-0.15, -0.1) is 11.6 Å². The molecule has 5 heteroatoms. The molecule has 0 aliphatic rings. The second-order valence-corrected chi connectivity index (χ2v) is 3.80. The van der Waals surface area contributed by atoms with Crippen LogP contribution in [0.1, 0.15) is 0 Å². The maximum Gasteiger partial charge on any atom is 0.267 e. The highest BCUT2D eigenvalue weighted by molar-refractivity contribution is 14.1. The smallest absolute Gasteiger partial charge is 0.267 e. The monoisotopic (exact) mass is 310 g/mol. The Labute approximate surface area is 94.6 Å². The van der Waals surface area contributed by atoms with Crippen LogP contribution in [-0.2, 0) is 6.54 Å². The number of rotatable bonds is 3. The summed E-state index contributed by atoms with van der Waals surface area (Å²) in [5, 5.41) is 0. The first-order chi connectivity index (χ1) is 6.25. The van der Waals surface area contributed by atoms with Gasteiger partial charge in [0.25, 0.3) is 5.56 Å². The van der Waals surface area contributed by atoms with Gasteiger partial charge in [0.15, 0.2) is 0 Å². The molecule has 0 bridgehead atoms. The van der Waals surface area contributed by atoms with E-state index in [1.165, 1.54) is 10.9 Å². The highest BCUT2D eigenvalue weighted by Gasteiger charge is 1.97. The summed E-state index contributed by atoms with van der Waals surface area (Å²) < 4.78 is 2.16. The fraction of sp³-hybridized carbons (Fsp3) is 0.250. The first kappa shape index (κ1) is 10.7. The summed E-state index contributed by atoms with van der Waals surface area (Å²) in [6, 6.07) is 0. The molecule has 0 saturated carbocycles. The fourth-order valence-electron chi connectivity index (χ4n) is 0.805. The lowest BCUT2D eigenvalue weighted by molar-refractivity contribution is 0.746. The Balaban J connectivity index is 2.84. The van der Waals surface area contributed by atoms with E-state index in [0.29, 0.717) is 16.0 Å². The standard InChI is InChI=1S/C8H8ClIN2O/c9-3-1-2-4-12-6-11-5-7(10)8(12)13/h1-2,5-6H,3-4H2/b2-1+. The average molecular weight is 311 g/mol. The van der Waals surface area contributed by atoms with E-state index in [9.17, 15) is 4.79 Å². The van der Waals surface area contributed by atoms with Crippen LogP contribution >= 0.6 is 34.2 Å². The Bertz CT molecular complexity index is 361. The molecule has 13 heavy (non-hydrogen) atoms. The normalized spacial score (nSPS) is 10.9. The molecule has 0 spiro atoms. The largest absolute Gasteiger partial charge is 0.294 e. The molecule has 0 aliphatic heterocycles.